The molecule has 2 heterocycles. The Balaban J connectivity index is 1.57. The van der Waals surface area contributed by atoms with Gasteiger partial charge in [-0.2, -0.15) is 0 Å². The molecule has 0 amide bonds. The number of fused-ring (bicyclic) bond motifs is 1. The van der Waals surface area contributed by atoms with E-state index in [2.05, 4.69) is 107 Å². The van der Waals surface area contributed by atoms with Gasteiger partial charge in [-0.25, -0.2) is 4.68 Å². The summed E-state index contributed by atoms with van der Waals surface area (Å²) < 4.78 is 2.07. The molecule has 1 aliphatic carbocycles. The van der Waals surface area contributed by atoms with Gasteiger partial charge in [0.05, 0.1) is 12.1 Å². The first-order chi connectivity index (χ1) is 17.8. The average molecular weight is 499 g/mol. The second-order valence-corrected chi connectivity index (χ2v) is 11.1. The van der Waals surface area contributed by atoms with Gasteiger partial charge in [-0.1, -0.05) is 56.5 Å². The number of aryl methyl sites for hydroxylation is 3. The number of nitrogens with one attached hydrogen (secondary N) is 1. The molecular weight excluding hydrogens is 460 g/mol. The molecule has 1 atom stereocenters. The fraction of sp³-hybridized carbons (Fsp3) is 0.467. The Hall–Kier alpha value is -3.32. The number of nitrogens with zero attached hydrogens (tertiary/aromatic N) is 5. The van der Waals surface area contributed by atoms with Crippen LogP contribution in [0.25, 0.3) is 10.9 Å². The molecule has 1 N–H and O–H groups in total. The van der Waals surface area contributed by atoms with Crippen molar-refractivity contribution < 1.29 is 0 Å². The Morgan fingerprint density at radius 2 is 1.70 bits per heavy atom. The highest BCUT2D eigenvalue weighted by molar-refractivity contribution is 5.80. The third kappa shape index (κ3) is 5.37. The first-order valence-electron chi connectivity index (χ1n) is 13.5. The van der Waals surface area contributed by atoms with E-state index in [4.69, 9.17) is 0 Å². The van der Waals surface area contributed by atoms with Crippen molar-refractivity contribution in [3.05, 3.63) is 86.5 Å². The summed E-state index contributed by atoms with van der Waals surface area (Å²) >= 11 is 0. The van der Waals surface area contributed by atoms with Gasteiger partial charge < -0.3 is 4.98 Å². The predicted molar refractivity (Wildman–Crippen MR) is 147 cm³/mol. The van der Waals surface area contributed by atoms with Gasteiger partial charge in [0, 0.05) is 24.2 Å². The van der Waals surface area contributed by atoms with Gasteiger partial charge in [-0.3, -0.25) is 9.69 Å². The van der Waals surface area contributed by atoms with Crippen molar-refractivity contribution in [2.45, 2.75) is 85.5 Å². The molecule has 1 aliphatic rings. The lowest BCUT2D eigenvalue weighted by molar-refractivity contribution is 0.123. The number of rotatable bonds is 8. The molecule has 0 saturated heterocycles. The van der Waals surface area contributed by atoms with Gasteiger partial charge in [-0.05, 0) is 90.2 Å². The van der Waals surface area contributed by atoms with Crippen LogP contribution in [-0.2, 0) is 13.1 Å². The summed E-state index contributed by atoms with van der Waals surface area (Å²) in [4.78, 5) is 18.8. The second-order valence-electron chi connectivity index (χ2n) is 11.1. The average Bonchev–Trinajstić information content (AvgIpc) is 3.54. The summed E-state index contributed by atoms with van der Waals surface area (Å²) in [6.45, 7) is 11.9. The highest BCUT2D eigenvalue weighted by Gasteiger charge is 2.32. The molecule has 1 fully saturated rings. The van der Waals surface area contributed by atoms with E-state index >= 15 is 0 Å². The minimum atomic E-state index is -0.0393. The minimum absolute atomic E-state index is 0.0354. The molecule has 0 spiro atoms. The van der Waals surface area contributed by atoms with Crippen LogP contribution in [0.15, 0.2) is 47.3 Å². The first kappa shape index (κ1) is 25.3. The maximum absolute atomic E-state index is 13.3. The third-order valence-corrected chi connectivity index (χ3v) is 7.89. The van der Waals surface area contributed by atoms with Crippen molar-refractivity contribution in [3.63, 3.8) is 0 Å². The van der Waals surface area contributed by atoms with Gasteiger partial charge in [-0.15, -0.1) is 5.10 Å². The van der Waals surface area contributed by atoms with E-state index in [1.54, 1.807) is 0 Å². The molecule has 2 aromatic carbocycles. The van der Waals surface area contributed by atoms with Gasteiger partial charge >= 0.3 is 0 Å². The summed E-state index contributed by atoms with van der Waals surface area (Å²) in [5.41, 5.74) is 6.44. The number of H-pyrrole nitrogens is 1. The van der Waals surface area contributed by atoms with Crippen molar-refractivity contribution in [1.82, 2.24) is 30.1 Å². The number of aromatic amines is 1. The van der Waals surface area contributed by atoms with E-state index in [1.165, 1.54) is 35.1 Å². The number of aromatic nitrogens is 5. The van der Waals surface area contributed by atoms with Crippen LogP contribution in [0.1, 0.15) is 85.3 Å². The lowest BCUT2D eigenvalue weighted by Crippen LogP contribution is -2.35. The van der Waals surface area contributed by atoms with E-state index in [1.807, 2.05) is 0 Å². The molecule has 4 aromatic rings. The summed E-state index contributed by atoms with van der Waals surface area (Å²) in [6, 6.07) is 15.2. The molecule has 1 saturated carbocycles. The Morgan fingerprint density at radius 3 is 2.41 bits per heavy atom. The van der Waals surface area contributed by atoms with Crippen LogP contribution in [-0.4, -0.2) is 30.1 Å². The SMILES string of the molecule is Cc1ccc(CN(Cc2cc3cc(C)c(C)cc3[nH]c2=O)[C@H](c2nnnn2C2CCCC2)C(C)C)cc1. The summed E-state index contributed by atoms with van der Waals surface area (Å²) in [5, 5.41) is 14.2. The van der Waals surface area contributed by atoms with E-state index in [0.29, 0.717) is 19.1 Å². The third-order valence-electron chi connectivity index (χ3n) is 7.89. The van der Waals surface area contributed by atoms with Crippen molar-refractivity contribution in [2.24, 2.45) is 5.92 Å². The molecule has 7 nitrogen and oxygen atoms in total. The van der Waals surface area contributed by atoms with E-state index in [-0.39, 0.29) is 17.5 Å². The van der Waals surface area contributed by atoms with E-state index in [0.717, 1.165) is 35.1 Å². The molecule has 194 valence electrons. The molecule has 0 bridgehead atoms. The molecule has 0 radical (unpaired) electrons. The molecule has 2 aromatic heterocycles. The quantitative estimate of drug-likeness (QED) is 0.324. The first-order valence-corrected chi connectivity index (χ1v) is 13.5. The predicted octanol–water partition coefficient (Wildman–Crippen LogP) is 5.95. The van der Waals surface area contributed by atoms with Crippen LogP contribution >= 0.6 is 0 Å². The van der Waals surface area contributed by atoms with Crippen LogP contribution < -0.4 is 5.56 Å². The fourth-order valence-corrected chi connectivity index (χ4v) is 5.73. The molecule has 7 heteroatoms. The summed E-state index contributed by atoms with van der Waals surface area (Å²) in [5.74, 6) is 1.15. The highest BCUT2D eigenvalue weighted by Crippen LogP contribution is 2.35. The second kappa shape index (κ2) is 10.6. The zero-order valence-corrected chi connectivity index (χ0v) is 22.7. The Morgan fingerprint density at radius 1 is 1.00 bits per heavy atom. The fourth-order valence-electron chi connectivity index (χ4n) is 5.73. The van der Waals surface area contributed by atoms with Crippen molar-refractivity contribution in [1.29, 1.82) is 0 Å². The topological polar surface area (TPSA) is 79.7 Å². The van der Waals surface area contributed by atoms with Gasteiger partial charge in [0.25, 0.3) is 5.56 Å². The maximum Gasteiger partial charge on any atom is 0.252 e. The zero-order valence-electron chi connectivity index (χ0n) is 22.7. The molecule has 0 aliphatic heterocycles. The smallest absolute Gasteiger partial charge is 0.252 e. The lowest BCUT2D eigenvalue weighted by atomic mass is 9.98. The maximum atomic E-state index is 13.3. The number of benzene rings is 2. The number of hydrogen-bond acceptors (Lipinski definition) is 5. The Bertz CT molecular complexity index is 1430. The zero-order chi connectivity index (χ0) is 26.1. The lowest BCUT2D eigenvalue weighted by Gasteiger charge is -2.34. The number of hydrogen-bond donors (Lipinski definition) is 1. The van der Waals surface area contributed by atoms with Gasteiger partial charge in [0.2, 0.25) is 0 Å². The summed E-state index contributed by atoms with van der Waals surface area (Å²) in [7, 11) is 0. The van der Waals surface area contributed by atoms with Crippen LogP contribution in [0.2, 0.25) is 0 Å². The van der Waals surface area contributed by atoms with Gasteiger partial charge in [0.15, 0.2) is 5.82 Å². The van der Waals surface area contributed by atoms with E-state index in [9.17, 15) is 4.79 Å². The van der Waals surface area contributed by atoms with Gasteiger partial charge in [0.1, 0.15) is 0 Å². The van der Waals surface area contributed by atoms with Crippen molar-refractivity contribution in [3.8, 4) is 0 Å². The number of pyridine rings is 1. The molecular formula is C30H38N6O. The molecule has 0 unspecified atom stereocenters. The molecule has 5 rings (SSSR count). The summed E-state index contributed by atoms with van der Waals surface area (Å²) in [6.07, 6.45) is 4.66. The Kier molecular flexibility index (Phi) is 7.24. The molecule has 37 heavy (non-hydrogen) atoms. The monoisotopic (exact) mass is 498 g/mol. The van der Waals surface area contributed by atoms with Crippen LogP contribution in [0.5, 0.6) is 0 Å². The van der Waals surface area contributed by atoms with Crippen LogP contribution in [0, 0.1) is 26.7 Å². The van der Waals surface area contributed by atoms with Crippen molar-refractivity contribution >= 4 is 10.9 Å². The highest BCUT2D eigenvalue weighted by atomic mass is 16.1. The number of tetrazole rings is 1. The standard InChI is InChI=1S/C30H38N6O/c1-19(2)28(29-32-33-34-36(29)26-8-6-7-9-26)35(17-23-12-10-20(3)11-13-23)18-25-16-24-14-21(4)22(5)15-27(24)31-30(25)37/h10-16,19,26,28H,6-9,17-18H2,1-5H3,(H,31,37)/t28-/m0/s1. The minimum Gasteiger partial charge on any atom is -0.322 e. The van der Waals surface area contributed by atoms with E-state index < -0.39 is 0 Å². The van der Waals surface area contributed by atoms with Crippen LogP contribution in [0.3, 0.4) is 0 Å². The van der Waals surface area contributed by atoms with Crippen molar-refractivity contribution in [2.75, 3.05) is 0 Å². The Labute approximate surface area is 218 Å². The normalized spacial score (nSPS) is 15.3. The van der Waals surface area contributed by atoms with Crippen LogP contribution in [0.4, 0.5) is 0 Å². The largest absolute Gasteiger partial charge is 0.322 e.